The van der Waals surface area contributed by atoms with Crippen LogP contribution in [-0.4, -0.2) is 28.4 Å². The third-order valence-electron chi connectivity index (χ3n) is 2.99. The summed E-state index contributed by atoms with van der Waals surface area (Å²) in [5, 5.41) is 10.9. The molecule has 0 aliphatic heterocycles. The van der Waals surface area contributed by atoms with Crippen molar-refractivity contribution in [3.63, 3.8) is 0 Å². The normalized spacial score (nSPS) is 14.1. The van der Waals surface area contributed by atoms with E-state index in [1.807, 2.05) is 12.1 Å². The fraction of sp³-hybridized carbons (Fsp3) is 0.286. The van der Waals surface area contributed by atoms with E-state index in [2.05, 4.69) is 4.74 Å². The number of carbonyl (C=O) groups is 1. The molecule has 2 aromatic rings. The van der Waals surface area contributed by atoms with Gasteiger partial charge in [0, 0.05) is 6.07 Å². The third-order valence-corrected chi connectivity index (χ3v) is 2.99. The summed E-state index contributed by atoms with van der Waals surface area (Å²) in [4.78, 5) is 23.4. The molecule has 1 N–H and O–H groups in total. The molecule has 1 atom stereocenters. The molecule has 0 aliphatic carbocycles. The number of fused-ring (bicyclic) bond motifs is 1. The number of pyridine rings is 1. The predicted molar refractivity (Wildman–Crippen MR) is 70.8 cm³/mol. The van der Waals surface area contributed by atoms with E-state index in [9.17, 15) is 14.7 Å². The Morgan fingerprint density at radius 3 is 2.68 bits per heavy atom. The summed E-state index contributed by atoms with van der Waals surface area (Å²) < 4.78 is 5.90. The molecule has 0 saturated heterocycles. The zero-order valence-corrected chi connectivity index (χ0v) is 10.8. The molecule has 0 aliphatic rings. The molecule has 19 heavy (non-hydrogen) atoms. The molecule has 1 aromatic carbocycles. The number of aromatic nitrogens is 1. The van der Waals surface area contributed by atoms with Crippen LogP contribution in [0.15, 0.2) is 41.2 Å². The van der Waals surface area contributed by atoms with E-state index in [1.165, 1.54) is 24.7 Å². The van der Waals surface area contributed by atoms with E-state index in [0.29, 0.717) is 5.52 Å². The highest BCUT2D eigenvalue weighted by atomic mass is 16.5. The predicted octanol–water partition coefficient (Wildman–Crippen LogP) is 0.925. The van der Waals surface area contributed by atoms with Crippen LogP contribution < -0.4 is 5.56 Å². The van der Waals surface area contributed by atoms with Crippen LogP contribution in [0, 0.1) is 0 Å². The maximum atomic E-state index is 11.9. The van der Waals surface area contributed by atoms with Gasteiger partial charge in [-0.2, -0.15) is 0 Å². The molecule has 0 amide bonds. The van der Waals surface area contributed by atoms with Gasteiger partial charge in [0.2, 0.25) is 0 Å². The average molecular weight is 261 g/mol. The summed E-state index contributed by atoms with van der Waals surface area (Å²) in [6, 6.07) is 10.4. The molecule has 0 fully saturated rings. The molecular formula is C14H15NO4. The van der Waals surface area contributed by atoms with Crippen molar-refractivity contribution in [3.05, 3.63) is 46.8 Å². The summed E-state index contributed by atoms with van der Waals surface area (Å²) in [6.07, 6.45) is 0. The van der Waals surface area contributed by atoms with Crippen LogP contribution in [-0.2, 0) is 16.1 Å². The SMILES string of the molecule is COC(=O)C(C)(O)Cn1c(=O)ccc2ccccc21. The fourth-order valence-corrected chi connectivity index (χ4v) is 2.00. The average Bonchev–Trinajstić information content (AvgIpc) is 2.41. The fourth-order valence-electron chi connectivity index (χ4n) is 2.00. The molecule has 1 heterocycles. The van der Waals surface area contributed by atoms with E-state index in [0.717, 1.165) is 5.39 Å². The van der Waals surface area contributed by atoms with Crippen molar-refractivity contribution in [3.8, 4) is 0 Å². The molecule has 0 saturated carbocycles. The number of esters is 1. The Labute approximate surface area is 110 Å². The Morgan fingerprint density at radius 1 is 1.32 bits per heavy atom. The molecule has 1 unspecified atom stereocenters. The van der Waals surface area contributed by atoms with Gasteiger partial charge in [0.15, 0.2) is 5.60 Å². The van der Waals surface area contributed by atoms with Gasteiger partial charge in [-0.05, 0) is 24.4 Å². The Balaban J connectivity index is 2.54. The minimum absolute atomic E-state index is 0.153. The van der Waals surface area contributed by atoms with E-state index in [1.54, 1.807) is 18.2 Å². The van der Waals surface area contributed by atoms with Crippen molar-refractivity contribution in [2.75, 3.05) is 7.11 Å². The minimum Gasteiger partial charge on any atom is -0.467 e. The molecule has 5 heteroatoms. The maximum absolute atomic E-state index is 11.9. The third kappa shape index (κ3) is 2.51. The Bertz CT molecular complexity index is 672. The first-order valence-corrected chi connectivity index (χ1v) is 5.85. The van der Waals surface area contributed by atoms with E-state index >= 15 is 0 Å². The summed E-state index contributed by atoms with van der Waals surface area (Å²) in [6.45, 7) is 1.17. The quantitative estimate of drug-likeness (QED) is 0.834. The minimum atomic E-state index is -1.75. The highest BCUT2D eigenvalue weighted by molar-refractivity contribution is 5.81. The number of nitrogens with zero attached hydrogens (tertiary/aromatic N) is 1. The number of benzene rings is 1. The van der Waals surface area contributed by atoms with E-state index in [4.69, 9.17) is 0 Å². The first-order chi connectivity index (χ1) is 8.95. The van der Waals surface area contributed by atoms with Crippen molar-refractivity contribution < 1.29 is 14.6 Å². The molecule has 1 aromatic heterocycles. The second-order valence-electron chi connectivity index (χ2n) is 4.58. The van der Waals surface area contributed by atoms with Crippen LogP contribution in [0.3, 0.4) is 0 Å². The Kier molecular flexibility index (Phi) is 3.40. The molecular weight excluding hydrogens is 246 g/mol. The lowest BCUT2D eigenvalue weighted by Crippen LogP contribution is -2.43. The number of ether oxygens (including phenoxy) is 1. The Hall–Kier alpha value is -2.14. The van der Waals surface area contributed by atoms with Gasteiger partial charge in [0.05, 0.1) is 19.2 Å². The molecule has 100 valence electrons. The van der Waals surface area contributed by atoms with Crippen LogP contribution >= 0.6 is 0 Å². The largest absolute Gasteiger partial charge is 0.467 e. The number of methoxy groups -OCH3 is 1. The highest BCUT2D eigenvalue weighted by Crippen LogP contribution is 2.15. The van der Waals surface area contributed by atoms with Gasteiger partial charge in [-0.1, -0.05) is 18.2 Å². The van der Waals surface area contributed by atoms with Gasteiger partial charge >= 0.3 is 5.97 Å². The summed E-state index contributed by atoms with van der Waals surface area (Å²) >= 11 is 0. The number of rotatable bonds is 3. The van der Waals surface area contributed by atoms with E-state index in [-0.39, 0.29) is 12.1 Å². The molecule has 0 spiro atoms. The highest BCUT2D eigenvalue weighted by Gasteiger charge is 2.32. The van der Waals surface area contributed by atoms with Gasteiger partial charge in [-0.25, -0.2) is 4.79 Å². The smallest absolute Gasteiger partial charge is 0.339 e. The molecule has 0 bridgehead atoms. The number of hydrogen-bond acceptors (Lipinski definition) is 4. The van der Waals surface area contributed by atoms with Gasteiger partial charge in [0.1, 0.15) is 0 Å². The Morgan fingerprint density at radius 2 is 2.00 bits per heavy atom. The van der Waals surface area contributed by atoms with E-state index < -0.39 is 11.6 Å². The second kappa shape index (κ2) is 4.85. The molecule has 5 nitrogen and oxygen atoms in total. The van der Waals surface area contributed by atoms with Crippen molar-refractivity contribution >= 4 is 16.9 Å². The summed E-state index contributed by atoms with van der Waals surface area (Å²) in [7, 11) is 1.20. The topological polar surface area (TPSA) is 68.5 Å². The monoisotopic (exact) mass is 261 g/mol. The van der Waals surface area contributed by atoms with Gasteiger partial charge < -0.3 is 14.4 Å². The second-order valence-corrected chi connectivity index (χ2v) is 4.58. The van der Waals surface area contributed by atoms with Crippen molar-refractivity contribution in [2.24, 2.45) is 0 Å². The summed E-state index contributed by atoms with van der Waals surface area (Å²) in [5.41, 5.74) is -1.36. The first kappa shape index (κ1) is 13.3. The van der Waals surface area contributed by atoms with Gasteiger partial charge in [-0.3, -0.25) is 4.79 Å². The zero-order chi connectivity index (χ0) is 14.0. The standard InChI is InChI=1S/C14H15NO4/c1-14(18,13(17)19-2)9-15-11-6-4-3-5-10(11)7-8-12(15)16/h3-8,18H,9H2,1-2H3. The molecule has 0 radical (unpaired) electrons. The lowest BCUT2D eigenvalue weighted by Gasteiger charge is -2.22. The number of aliphatic hydroxyl groups is 1. The van der Waals surface area contributed by atoms with Crippen molar-refractivity contribution in [2.45, 2.75) is 19.1 Å². The van der Waals surface area contributed by atoms with Crippen LogP contribution in [0.5, 0.6) is 0 Å². The van der Waals surface area contributed by atoms with Crippen LogP contribution in [0.25, 0.3) is 10.9 Å². The lowest BCUT2D eigenvalue weighted by atomic mass is 10.1. The molecule has 2 rings (SSSR count). The van der Waals surface area contributed by atoms with Crippen molar-refractivity contribution in [1.29, 1.82) is 0 Å². The maximum Gasteiger partial charge on any atom is 0.339 e. The van der Waals surface area contributed by atoms with Crippen LogP contribution in [0.1, 0.15) is 6.92 Å². The van der Waals surface area contributed by atoms with Gasteiger partial charge in [0.25, 0.3) is 5.56 Å². The zero-order valence-electron chi connectivity index (χ0n) is 10.8. The van der Waals surface area contributed by atoms with Gasteiger partial charge in [-0.15, -0.1) is 0 Å². The van der Waals surface area contributed by atoms with Crippen molar-refractivity contribution in [1.82, 2.24) is 4.57 Å². The summed E-state index contributed by atoms with van der Waals surface area (Å²) in [5.74, 6) is -0.771. The number of hydrogen-bond donors (Lipinski definition) is 1. The van der Waals surface area contributed by atoms with Crippen LogP contribution in [0.2, 0.25) is 0 Å². The number of para-hydroxylation sites is 1. The lowest BCUT2D eigenvalue weighted by molar-refractivity contribution is -0.161. The number of carbonyl (C=O) groups excluding carboxylic acids is 1. The first-order valence-electron chi connectivity index (χ1n) is 5.85. The van der Waals surface area contributed by atoms with Crippen LogP contribution in [0.4, 0.5) is 0 Å².